The van der Waals surface area contributed by atoms with E-state index in [1.54, 1.807) is 6.33 Å². The molecule has 10 nitrogen and oxygen atoms in total. The fraction of sp³-hybridized carbons (Fsp3) is 0.310. The van der Waals surface area contributed by atoms with Crippen LogP contribution in [0.3, 0.4) is 0 Å². The quantitative estimate of drug-likeness (QED) is 0.256. The molecular formula is C29H32N8O2. The van der Waals surface area contributed by atoms with E-state index in [4.69, 9.17) is 14.9 Å². The Morgan fingerprint density at radius 1 is 1.13 bits per heavy atom. The molecule has 0 saturated carbocycles. The van der Waals surface area contributed by atoms with Gasteiger partial charge in [0.25, 0.3) is 0 Å². The molecule has 1 aromatic carbocycles. The van der Waals surface area contributed by atoms with Gasteiger partial charge in [0.15, 0.2) is 0 Å². The molecule has 5 heterocycles. The van der Waals surface area contributed by atoms with Crippen molar-refractivity contribution in [3.05, 3.63) is 78.5 Å². The molecule has 0 unspecified atom stereocenters. The number of likely N-dealkylation sites (tertiary alicyclic amines) is 1. The van der Waals surface area contributed by atoms with E-state index in [1.807, 2.05) is 72.5 Å². The van der Waals surface area contributed by atoms with Crippen LogP contribution < -0.4 is 15.4 Å². The highest BCUT2D eigenvalue weighted by atomic mass is 16.5. The smallest absolute Gasteiger partial charge is 0.140 e. The third kappa shape index (κ3) is 5.34. The van der Waals surface area contributed by atoms with Crippen molar-refractivity contribution in [2.24, 2.45) is 5.41 Å². The second-order valence-electron chi connectivity index (χ2n) is 10.2. The van der Waals surface area contributed by atoms with Crippen molar-refractivity contribution in [2.75, 3.05) is 51.8 Å². The summed E-state index contributed by atoms with van der Waals surface area (Å²) in [4.78, 5) is 15.9. The van der Waals surface area contributed by atoms with E-state index >= 15 is 0 Å². The van der Waals surface area contributed by atoms with Gasteiger partial charge in [0.05, 0.1) is 30.8 Å². The van der Waals surface area contributed by atoms with Gasteiger partial charge in [-0.05, 0) is 17.2 Å². The summed E-state index contributed by atoms with van der Waals surface area (Å²) in [6.45, 7) is 6.23. The molecule has 2 aliphatic heterocycles. The summed E-state index contributed by atoms with van der Waals surface area (Å²) in [7, 11) is 1.83. The molecule has 0 atom stereocenters. The van der Waals surface area contributed by atoms with Crippen LogP contribution in [0.4, 0.5) is 5.82 Å². The fourth-order valence-electron chi connectivity index (χ4n) is 5.13. The van der Waals surface area contributed by atoms with E-state index in [-0.39, 0.29) is 0 Å². The van der Waals surface area contributed by atoms with E-state index in [0.717, 1.165) is 78.2 Å². The van der Waals surface area contributed by atoms with Crippen molar-refractivity contribution in [1.29, 1.82) is 5.41 Å². The third-order valence-corrected chi connectivity index (χ3v) is 7.24. The highest BCUT2D eigenvalue weighted by molar-refractivity contribution is 6.08. The van der Waals surface area contributed by atoms with Crippen molar-refractivity contribution < 1.29 is 9.47 Å². The number of hydrogen-bond acceptors (Lipinski definition) is 9. The van der Waals surface area contributed by atoms with Gasteiger partial charge in [0, 0.05) is 75.0 Å². The highest BCUT2D eigenvalue weighted by Crippen LogP contribution is 2.37. The molecule has 4 aromatic rings. The van der Waals surface area contributed by atoms with Gasteiger partial charge in [-0.25, -0.2) is 15.0 Å². The fourth-order valence-corrected chi connectivity index (χ4v) is 5.13. The average Bonchev–Trinajstić information content (AvgIpc) is 3.35. The number of pyridine rings is 1. The largest absolute Gasteiger partial charge is 0.492 e. The monoisotopic (exact) mass is 524 g/mol. The van der Waals surface area contributed by atoms with Crippen LogP contribution in [-0.4, -0.2) is 77.0 Å². The molecule has 0 bridgehead atoms. The molecule has 0 amide bonds. The summed E-state index contributed by atoms with van der Waals surface area (Å²) in [5.41, 5.74) is 5.83. The molecule has 1 spiro atoms. The number of ether oxygens (including phenoxy) is 2. The molecule has 0 radical (unpaired) electrons. The third-order valence-electron chi connectivity index (χ3n) is 7.24. The molecule has 2 aliphatic rings. The molecule has 39 heavy (non-hydrogen) atoms. The summed E-state index contributed by atoms with van der Waals surface area (Å²) in [6.07, 6.45) is 8.51. The van der Waals surface area contributed by atoms with Crippen molar-refractivity contribution in [2.45, 2.75) is 6.54 Å². The minimum atomic E-state index is 0.434. The standard InChI is InChI=1S/C29H32N8O2/c1-31-14-23(12-30)22-4-2-21(3-5-22)13-32-27-11-25(34-20-35-27)26-15-33-28-10-24(6-7-37(26)28)39-9-8-36-16-29(17-36)18-38-19-29/h2-7,10-12,14-15,20,30-31H,8-9,13,16-19H2,1H3,(H,32,34,35)/b23-14+,30-12?. The van der Waals surface area contributed by atoms with Gasteiger partial charge in [-0.2, -0.15) is 0 Å². The predicted octanol–water partition coefficient (Wildman–Crippen LogP) is 3.32. The van der Waals surface area contributed by atoms with Crippen LogP contribution in [0.1, 0.15) is 11.1 Å². The van der Waals surface area contributed by atoms with Crippen molar-refractivity contribution >= 4 is 23.3 Å². The summed E-state index contributed by atoms with van der Waals surface area (Å²) in [5.74, 6) is 1.54. The maximum atomic E-state index is 7.58. The Bertz CT molecular complexity index is 1480. The number of nitrogens with one attached hydrogen (secondary N) is 3. The topological polar surface area (TPSA) is 113 Å². The van der Waals surface area contributed by atoms with Crippen LogP contribution in [0.5, 0.6) is 5.75 Å². The molecule has 2 fully saturated rings. The first kappa shape index (κ1) is 25.0. The number of allylic oxidation sites excluding steroid dienone is 1. The Kier molecular flexibility index (Phi) is 6.95. The minimum absolute atomic E-state index is 0.434. The van der Waals surface area contributed by atoms with Crippen LogP contribution >= 0.6 is 0 Å². The molecule has 0 aliphatic carbocycles. The van der Waals surface area contributed by atoms with Gasteiger partial charge in [-0.15, -0.1) is 0 Å². The van der Waals surface area contributed by atoms with Gasteiger partial charge in [0.2, 0.25) is 0 Å². The van der Waals surface area contributed by atoms with Gasteiger partial charge in [0.1, 0.15) is 30.1 Å². The lowest BCUT2D eigenvalue weighted by atomic mass is 9.78. The molecular weight excluding hydrogens is 492 g/mol. The Morgan fingerprint density at radius 3 is 2.72 bits per heavy atom. The zero-order valence-corrected chi connectivity index (χ0v) is 21.9. The van der Waals surface area contributed by atoms with E-state index < -0.39 is 0 Å². The lowest BCUT2D eigenvalue weighted by Gasteiger charge is -2.55. The molecule has 10 heteroatoms. The van der Waals surface area contributed by atoms with Gasteiger partial charge >= 0.3 is 0 Å². The van der Waals surface area contributed by atoms with Crippen LogP contribution in [-0.2, 0) is 11.3 Å². The Hall–Kier alpha value is -4.28. The Morgan fingerprint density at radius 2 is 1.97 bits per heavy atom. The first-order chi connectivity index (χ1) is 19.1. The van der Waals surface area contributed by atoms with Crippen molar-refractivity contribution in [1.82, 2.24) is 29.6 Å². The van der Waals surface area contributed by atoms with Gasteiger partial charge < -0.3 is 25.5 Å². The summed E-state index contributed by atoms with van der Waals surface area (Å²) >= 11 is 0. The molecule has 200 valence electrons. The molecule has 3 N–H and O–H groups in total. The Balaban J connectivity index is 1.06. The maximum absolute atomic E-state index is 7.58. The number of anilines is 1. The summed E-state index contributed by atoms with van der Waals surface area (Å²) < 4.78 is 13.4. The number of nitrogens with zero attached hydrogens (tertiary/aromatic N) is 5. The highest BCUT2D eigenvalue weighted by Gasteiger charge is 2.48. The SMILES string of the molecule is CN/C=C(\C=N)c1ccc(CNc2cc(-c3cnc4cc(OCCN5CC6(COC6)C5)ccn34)ncn2)cc1. The second-order valence-corrected chi connectivity index (χ2v) is 10.2. The lowest BCUT2D eigenvalue weighted by Crippen LogP contribution is -2.66. The minimum Gasteiger partial charge on any atom is -0.492 e. The van der Waals surface area contributed by atoms with Gasteiger partial charge in [-0.1, -0.05) is 24.3 Å². The second kappa shape index (κ2) is 10.8. The lowest BCUT2D eigenvalue weighted by molar-refractivity contribution is -0.189. The van der Waals surface area contributed by atoms with Gasteiger partial charge in [-0.3, -0.25) is 9.30 Å². The number of rotatable bonds is 11. The first-order valence-corrected chi connectivity index (χ1v) is 13.1. The number of benzene rings is 1. The van der Waals surface area contributed by atoms with Crippen molar-refractivity contribution in [3.8, 4) is 17.1 Å². The number of fused-ring (bicyclic) bond motifs is 1. The zero-order valence-electron chi connectivity index (χ0n) is 21.9. The van der Waals surface area contributed by atoms with Crippen LogP contribution in [0.25, 0.3) is 22.6 Å². The van der Waals surface area contributed by atoms with E-state index in [1.165, 1.54) is 6.21 Å². The number of hydrogen-bond donors (Lipinski definition) is 3. The van der Waals surface area contributed by atoms with Crippen molar-refractivity contribution in [3.63, 3.8) is 0 Å². The summed E-state index contributed by atoms with van der Waals surface area (Å²) in [5, 5.41) is 13.9. The predicted molar refractivity (Wildman–Crippen MR) is 151 cm³/mol. The molecule has 2 saturated heterocycles. The first-order valence-electron chi connectivity index (χ1n) is 13.1. The van der Waals surface area contributed by atoms with E-state index in [0.29, 0.717) is 18.6 Å². The number of imidazole rings is 1. The van der Waals surface area contributed by atoms with Crippen LogP contribution in [0, 0.1) is 10.8 Å². The van der Waals surface area contributed by atoms with E-state index in [9.17, 15) is 0 Å². The van der Waals surface area contributed by atoms with Crippen LogP contribution in [0.2, 0.25) is 0 Å². The maximum Gasteiger partial charge on any atom is 0.140 e. The molecule has 6 rings (SSSR count). The van der Waals surface area contributed by atoms with Crippen LogP contribution in [0.15, 0.2) is 67.4 Å². The Labute approximate surface area is 227 Å². The zero-order chi connectivity index (χ0) is 26.7. The normalized spacial score (nSPS) is 16.5. The summed E-state index contributed by atoms with van der Waals surface area (Å²) in [6, 6.07) is 14.0. The molecule has 3 aromatic heterocycles. The average molecular weight is 525 g/mol. The van der Waals surface area contributed by atoms with E-state index in [2.05, 4.69) is 30.5 Å². The number of aromatic nitrogens is 4.